The number of nitrogens with zero attached hydrogens (tertiary/aromatic N) is 3. The van der Waals surface area contributed by atoms with Crippen LogP contribution in [-0.2, 0) is 96.0 Å². The minimum absolute atomic E-state index is 0.0389. The van der Waals surface area contributed by atoms with Crippen molar-refractivity contribution in [1.82, 2.24) is 73.2 Å². The molecular formula is C78H105N15O22S. The summed E-state index contributed by atoms with van der Waals surface area (Å²) in [6.07, 6.45) is -8.62. The van der Waals surface area contributed by atoms with E-state index in [0.29, 0.717) is 16.7 Å². The van der Waals surface area contributed by atoms with Crippen LogP contribution in [0.4, 0.5) is 0 Å². The van der Waals surface area contributed by atoms with Crippen LogP contribution in [-0.4, -0.2) is 282 Å². The van der Waals surface area contributed by atoms with Gasteiger partial charge in [-0.2, -0.15) is 0 Å². The number of carbonyl (C=O) groups is 16. The molecule has 0 spiro atoms. The maximum atomic E-state index is 15.0. The first-order valence-corrected chi connectivity index (χ1v) is 38.8. The van der Waals surface area contributed by atoms with E-state index < -0.39 is 241 Å². The number of carboxylic acid groups (broad SMARTS) is 1. The molecule has 116 heavy (non-hydrogen) atoms. The number of primary amides is 1. The largest absolute Gasteiger partial charge is 0.481 e. The molecule has 0 saturated carbocycles. The predicted octanol–water partition coefficient (Wildman–Crippen LogP) is -4.76. The fourth-order valence-electron chi connectivity index (χ4n) is 12.6. The monoisotopic (exact) mass is 1640 g/mol. The Morgan fingerprint density at radius 3 is 1.43 bits per heavy atom. The third kappa shape index (κ3) is 27.9. The van der Waals surface area contributed by atoms with Crippen molar-refractivity contribution in [2.24, 2.45) is 11.7 Å². The Morgan fingerprint density at radius 1 is 0.500 bits per heavy atom. The lowest BCUT2D eigenvalue weighted by atomic mass is 9.99. The summed E-state index contributed by atoms with van der Waals surface area (Å²) >= 11 is 0.750. The number of amides is 15. The zero-order valence-corrected chi connectivity index (χ0v) is 66.3. The molecule has 0 aromatic heterocycles. The van der Waals surface area contributed by atoms with Crippen LogP contribution < -0.4 is 64.2 Å². The van der Waals surface area contributed by atoms with Gasteiger partial charge in [0.15, 0.2) is 6.29 Å². The molecule has 0 unspecified atom stereocenters. The Hall–Kier alpha value is -11.4. The van der Waals surface area contributed by atoms with E-state index >= 15 is 4.79 Å². The zero-order valence-electron chi connectivity index (χ0n) is 65.5. The average molecular weight is 1640 g/mol. The second kappa shape index (κ2) is 45.0. The Labute approximate surface area is 673 Å². The summed E-state index contributed by atoms with van der Waals surface area (Å²) in [5, 5.41) is 89.7. The highest BCUT2D eigenvalue weighted by Crippen LogP contribution is 2.23. The highest BCUT2D eigenvalue weighted by Gasteiger charge is 2.43. The van der Waals surface area contributed by atoms with Gasteiger partial charge in [0.05, 0.1) is 37.5 Å². The van der Waals surface area contributed by atoms with Crippen molar-refractivity contribution >= 4 is 106 Å². The Morgan fingerprint density at radius 2 is 0.931 bits per heavy atom. The standard InChI is InChI=1S/C78H105N15O22S/c1-41(2)63-73(110)83-53(36-62(101)102)71(108)89-65(45(6)96)75(112)90-64(44(5)95)74(111)85-55(34-47-21-14-10-15-22-47)77(114)92(8)43(4)67(104)84-54(35-48-26-28-50(29-27-48)49-23-16-11-17-24-49)76(113)91(7)42(3)66(103)82-51(30-31-61(99)100)69(106)86-56(38-94)78(115)93-32-18-25-58(93)72(109)87-57(68(105)80-37-59(79)97)39-116-40-60(98)81-52(70(107)88-63)33-46-19-12-9-13-20-46/h9-17,19-24,26-29,41-45,51-58,61,63-65,94-96,99-100H,18,25,30-40H2,1-8H3,(H2,79,97)(H,80,105)(H,81,98)(H,82,103)(H,83,110)(H,84,104)(H,85,111)(H,86,106)(H,87,109)(H,88,107)(H,89,108)(H,90,112)(H,101,102)/t42-,43-,44+,45+,51-,52-,53-,54-,55-,56-,57-,58-,63-,64-,65-/m0/s1. The summed E-state index contributed by atoms with van der Waals surface area (Å²) in [6, 6.07) is 10.5. The summed E-state index contributed by atoms with van der Waals surface area (Å²) in [5.41, 5.74) is 8.38. The van der Waals surface area contributed by atoms with E-state index in [1.807, 2.05) is 30.3 Å². The van der Waals surface area contributed by atoms with Crippen LogP contribution in [0.3, 0.4) is 0 Å². The molecule has 15 amide bonds. The van der Waals surface area contributed by atoms with Gasteiger partial charge in [-0.1, -0.05) is 129 Å². The van der Waals surface area contributed by atoms with Gasteiger partial charge in [0.1, 0.15) is 78.5 Å². The number of thioether (sulfide) groups is 1. The van der Waals surface area contributed by atoms with Gasteiger partial charge in [-0.3, -0.25) is 76.7 Å². The fraction of sp³-hybridized carbons (Fsp3) is 0.487. The average Bonchev–Trinajstić information content (AvgIpc) is 1.54. The molecule has 2 fully saturated rings. The maximum Gasteiger partial charge on any atom is 0.305 e. The number of hydrogen-bond acceptors (Lipinski definition) is 22. The molecule has 15 atom stereocenters. The van der Waals surface area contributed by atoms with Crippen molar-refractivity contribution in [3.8, 4) is 11.1 Å². The molecule has 38 heteroatoms. The maximum absolute atomic E-state index is 15.0. The highest BCUT2D eigenvalue weighted by atomic mass is 32.2. The van der Waals surface area contributed by atoms with Crippen LogP contribution in [0.2, 0.25) is 0 Å². The first-order valence-electron chi connectivity index (χ1n) is 37.7. The zero-order chi connectivity index (χ0) is 85.8. The van der Waals surface area contributed by atoms with Gasteiger partial charge < -0.3 is 110 Å². The molecule has 4 aromatic carbocycles. The molecule has 2 aliphatic heterocycles. The molecular weight excluding hydrogens is 1530 g/mol. The predicted molar refractivity (Wildman–Crippen MR) is 419 cm³/mol. The summed E-state index contributed by atoms with van der Waals surface area (Å²) in [5.74, 6) is -19.3. The number of carbonyl (C=O) groups excluding carboxylic acids is 15. The Kier molecular flexibility index (Phi) is 36.2. The molecule has 630 valence electrons. The quantitative estimate of drug-likeness (QED) is 0.0392. The minimum Gasteiger partial charge on any atom is -0.481 e. The number of benzene rings is 4. The van der Waals surface area contributed by atoms with E-state index in [4.69, 9.17) is 5.73 Å². The van der Waals surface area contributed by atoms with Gasteiger partial charge >= 0.3 is 5.97 Å². The van der Waals surface area contributed by atoms with Crippen molar-refractivity contribution < 1.29 is 107 Å². The lowest BCUT2D eigenvalue weighted by molar-refractivity contribution is -0.145. The van der Waals surface area contributed by atoms with Crippen LogP contribution in [0.5, 0.6) is 0 Å². The lowest BCUT2D eigenvalue weighted by Gasteiger charge is -2.33. The smallest absolute Gasteiger partial charge is 0.305 e. The molecule has 2 aliphatic rings. The second-order valence-corrected chi connectivity index (χ2v) is 29.8. The highest BCUT2D eigenvalue weighted by molar-refractivity contribution is 8.00. The third-order valence-electron chi connectivity index (χ3n) is 19.5. The Balaban J connectivity index is 1.40. The lowest BCUT2D eigenvalue weighted by Crippen LogP contribution is -2.64. The van der Waals surface area contributed by atoms with E-state index in [2.05, 4.69) is 58.5 Å². The van der Waals surface area contributed by atoms with Crippen LogP contribution in [0.1, 0.15) is 90.3 Å². The molecule has 37 nitrogen and oxygen atoms in total. The number of aliphatic carboxylic acids is 1. The Bertz CT molecular complexity index is 4110. The molecule has 0 radical (unpaired) electrons. The van der Waals surface area contributed by atoms with Crippen molar-refractivity contribution in [2.75, 3.05) is 45.3 Å². The van der Waals surface area contributed by atoms with E-state index in [-0.39, 0.29) is 38.6 Å². The van der Waals surface area contributed by atoms with Crippen LogP contribution in [0.15, 0.2) is 115 Å². The van der Waals surface area contributed by atoms with Gasteiger partial charge in [0.25, 0.3) is 0 Å². The summed E-state index contributed by atoms with van der Waals surface area (Å²) in [6.45, 7) is 5.67. The first-order chi connectivity index (χ1) is 54.9. The van der Waals surface area contributed by atoms with Gasteiger partial charge in [0.2, 0.25) is 88.6 Å². The molecule has 0 bridgehead atoms. The number of hydrogen-bond donors (Lipinski definition) is 18. The van der Waals surface area contributed by atoms with Gasteiger partial charge in [-0.25, -0.2) is 0 Å². The first kappa shape index (κ1) is 93.4. The summed E-state index contributed by atoms with van der Waals surface area (Å²) < 4.78 is 0. The number of likely N-dealkylation sites (N-methyl/N-ethyl adjacent to an activating group) is 2. The fourth-order valence-corrected chi connectivity index (χ4v) is 13.5. The van der Waals surface area contributed by atoms with Gasteiger partial charge in [-0.15, -0.1) is 11.8 Å². The third-order valence-corrected chi connectivity index (χ3v) is 20.6. The molecule has 2 saturated heterocycles. The van der Waals surface area contributed by atoms with E-state index in [1.54, 1.807) is 84.9 Å². The van der Waals surface area contributed by atoms with Crippen molar-refractivity contribution in [3.05, 3.63) is 132 Å². The van der Waals surface area contributed by atoms with Crippen molar-refractivity contribution in [1.29, 1.82) is 0 Å². The van der Waals surface area contributed by atoms with Gasteiger partial charge in [0, 0.05) is 52.1 Å². The number of carboxylic acids is 1. The topological polar surface area (TPSA) is 563 Å². The number of aliphatic hydroxyl groups excluding tert-OH is 4. The SMILES string of the molecule is CC(C)[C@@H]1NC(=O)[C@H](Cc2ccccc2)NC(=O)CSC[C@@H](C(=O)NCC(N)=O)NC(=O)[C@@H]2CCCN2C(=O)[C@H](CO)NC(=O)[C@H](CCC(O)O)NC(=O)[C@H](C)N(C)C(=O)[C@H](Cc2ccc(-c3ccccc3)cc2)NC(=O)[C@H](C)N(C)C(=O)[C@H](Cc2ccccc2)NC(=O)[C@H]([C@@H](C)O)NC(=O)[C@H]([C@@H](C)O)NC(=O)[C@H](CC(=O)O)NC1=O. The molecule has 2 heterocycles. The van der Waals surface area contributed by atoms with Crippen molar-refractivity contribution in [3.63, 3.8) is 0 Å². The number of aliphatic hydroxyl groups is 5. The van der Waals surface area contributed by atoms with E-state index in [9.17, 15) is 103 Å². The van der Waals surface area contributed by atoms with Crippen LogP contribution in [0.25, 0.3) is 11.1 Å². The number of rotatable bonds is 19. The normalized spacial score (nSPS) is 25.2. The number of nitrogens with one attached hydrogen (secondary N) is 11. The number of fused-ring (bicyclic) bond motifs is 1. The van der Waals surface area contributed by atoms with Crippen molar-refractivity contribution in [2.45, 2.75) is 190 Å². The van der Waals surface area contributed by atoms with E-state index in [0.717, 1.165) is 51.4 Å². The van der Waals surface area contributed by atoms with Gasteiger partial charge in [-0.05, 0) is 80.7 Å². The molecule has 19 N–H and O–H groups in total. The molecule has 6 rings (SSSR count). The summed E-state index contributed by atoms with van der Waals surface area (Å²) in [7, 11) is 2.42. The van der Waals surface area contributed by atoms with Crippen LogP contribution in [0, 0.1) is 5.92 Å². The second-order valence-electron chi connectivity index (χ2n) is 28.8. The molecule has 4 aromatic rings. The number of nitrogens with two attached hydrogens (primary N) is 1. The van der Waals surface area contributed by atoms with Crippen LogP contribution >= 0.6 is 11.8 Å². The molecule has 0 aliphatic carbocycles. The minimum atomic E-state index is -2.08. The summed E-state index contributed by atoms with van der Waals surface area (Å²) in [4.78, 5) is 229. The van der Waals surface area contributed by atoms with E-state index in [1.165, 1.54) is 41.8 Å².